The Morgan fingerprint density at radius 3 is 2.64 bits per heavy atom. The second-order valence-corrected chi connectivity index (χ2v) is 8.56. The zero-order valence-electron chi connectivity index (χ0n) is 14.7. The van der Waals surface area contributed by atoms with Gasteiger partial charge in [0, 0.05) is 17.3 Å². The van der Waals surface area contributed by atoms with Crippen LogP contribution in [0.1, 0.15) is 43.0 Å². The lowest BCUT2D eigenvalue weighted by Gasteiger charge is -2.26. The molecule has 25 heavy (non-hydrogen) atoms. The molecule has 2 heterocycles. The third kappa shape index (κ3) is 5.09. The maximum Gasteiger partial charge on any atom is 0.167 e. The van der Waals surface area contributed by atoms with Crippen molar-refractivity contribution < 1.29 is 5.11 Å². The van der Waals surface area contributed by atoms with Crippen molar-refractivity contribution >= 4 is 27.7 Å². The van der Waals surface area contributed by atoms with E-state index in [4.69, 9.17) is 0 Å². The van der Waals surface area contributed by atoms with E-state index in [0.717, 1.165) is 26.6 Å². The predicted octanol–water partition coefficient (Wildman–Crippen LogP) is 4.23. The highest BCUT2D eigenvalue weighted by Crippen LogP contribution is 2.27. The normalized spacial score (nSPS) is 16.9. The van der Waals surface area contributed by atoms with Crippen molar-refractivity contribution in [1.82, 2.24) is 14.5 Å². The third-order valence-corrected chi connectivity index (χ3v) is 6.40. The van der Waals surface area contributed by atoms with Gasteiger partial charge < -0.3 is 14.6 Å². The topological polar surface area (TPSA) is 41.3 Å². The lowest BCUT2D eigenvalue weighted by Crippen LogP contribution is -2.30. The number of hydrogen-bond donors (Lipinski definition) is 1. The maximum atomic E-state index is 10.6. The number of halogens is 1. The minimum atomic E-state index is -0.645. The standard InChI is InChI=1S/C19H26BrN3OS/c1-22-17(18(24)15-6-8-16(20)9-7-15)14-21-19(22)25-13-5-12-23-10-3-2-4-11-23/h6-9,14,18,24H,2-5,10-13H2,1H3. The molecule has 1 aliphatic heterocycles. The molecule has 4 nitrogen and oxygen atoms in total. The summed E-state index contributed by atoms with van der Waals surface area (Å²) in [6, 6.07) is 7.77. The van der Waals surface area contributed by atoms with Gasteiger partial charge in [-0.15, -0.1) is 0 Å². The summed E-state index contributed by atoms with van der Waals surface area (Å²) in [5, 5.41) is 11.6. The summed E-state index contributed by atoms with van der Waals surface area (Å²) in [4.78, 5) is 7.08. The molecule has 1 atom stereocenters. The van der Waals surface area contributed by atoms with Gasteiger partial charge in [0.05, 0.1) is 11.9 Å². The number of rotatable bonds is 7. The first kappa shape index (κ1) is 19.0. The summed E-state index contributed by atoms with van der Waals surface area (Å²) in [5.74, 6) is 1.06. The van der Waals surface area contributed by atoms with Gasteiger partial charge in [0.2, 0.25) is 0 Å². The fourth-order valence-electron chi connectivity index (χ4n) is 3.24. The maximum absolute atomic E-state index is 10.6. The van der Waals surface area contributed by atoms with E-state index in [1.54, 1.807) is 18.0 Å². The predicted molar refractivity (Wildman–Crippen MR) is 107 cm³/mol. The first-order valence-electron chi connectivity index (χ1n) is 8.95. The van der Waals surface area contributed by atoms with Crippen molar-refractivity contribution in [3.63, 3.8) is 0 Å². The molecule has 3 rings (SSSR count). The Morgan fingerprint density at radius 1 is 1.20 bits per heavy atom. The number of likely N-dealkylation sites (tertiary alicyclic amines) is 1. The Morgan fingerprint density at radius 2 is 1.92 bits per heavy atom. The molecule has 1 aromatic carbocycles. The van der Waals surface area contributed by atoms with Gasteiger partial charge in [0.15, 0.2) is 5.16 Å². The van der Waals surface area contributed by atoms with E-state index in [1.807, 2.05) is 35.9 Å². The molecule has 0 amide bonds. The monoisotopic (exact) mass is 423 g/mol. The Bertz CT molecular complexity index is 668. The Hall–Kier alpha value is -0.820. The SMILES string of the molecule is Cn1c(C(O)c2ccc(Br)cc2)cnc1SCCCN1CCCCC1. The molecule has 1 aromatic heterocycles. The van der Waals surface area contributed by atoms with Crippen LogP contribution in [0, 0.1) is 0 Å². The third-order valence-electron chi connectivity index (χ3n) is 4.75. The second kappa shape index (κ2) is 9.21. The number of aliphatic hydroxyl groups excluding tert-OH is 1. The number of aliphatic hydroxyl groups is 1. The molecule has 1 aliphatic rings. The number of piperidine rings is 1. The molecular formula is C19H26BrN3OS. The zero-order valence-corrected chi connectivity index (χ0v) is 17.1. The highest BCUT2D eigenvalue weighted by Gasteiger charge is 2.17. The van der Waals surface area contributed by atoms with Crippen molar-refractivity contribution in [2.45, 2.75) is 36.9 Å². The highest BCUT2D eigenvalue weighted by atomic mass is 79.9. The molecule has 0 spiro atoms. The summed E-state index contributed by atoms with van der Waals surface area (Å²) in [5.41, 5.74) is 1.72. The van der Waals surface area contributed by atoms with Gasteiger partial charge in [0.1, 0.15) is 6.10 Å². The lowest BCUT2D eigenvalue weighted by atomic mass is 10.1. The van der Waals surface area contributed by atoms with Crippen molar-refractivity contribution in [3.05, 3.63) is 46.2 Å². The van der Waals surface area contributed by atoms with E-state index in [9.17, 15) is 5.11 Å². The molecule has 0 saturated carbocycles. The number of benzene rings is 1. The fourth-order valence-corrected chi connectivity index (χ4v) is 4.39. The molecule has 2 aromatic rings. The molecule has 1 fully saturated rings. The van der Waals surface area contributed by atoms with Crippen molar-refractivity contribution in [2.24, 2.45) is 7.05 Å². The molecule has 1 saturated heterocycles. The van der Waals surface area contributed by atoms with Crippen molar-refractivity contribution in [2.75, 3.05) is 25.4 Å². The molecule has 0 bridgehead atoms. The lowest BCUT2D eigenvalue weighted by molar-refractivity contribution is 0.210. The van der Waals surface area contributed by atoms with Gasteiger partial charge in [-0.25, -0.2) is 4.98 Å². The molecule has 6 heteroatoms. The van der Waals surface area contributed by atoms with Gasteiger partial charge in [-0.2, -0.15) is 0 Å². The minimum Gasteiger partial charge on any atom is -0.382 e. The molecular weight excluding hydrogens is 398 g/mol. The zero-order chi connectivity index (χ0) is 17.6. The summed E-state index contributed by atoms with van der Waals surface area (Å²) in [7, 11) is 1.98. The molecule has 1 unspecified atom stereocenters. The van der Waals surface area contributed by atoms with Crippen LogP contribution in [-0.2, 0) is 7.05 Å². The average molecular weight is 424 g/mol. The molecule has 0 aliphatic carbocycles. The van der Waals surface area contributed by atoms with Crippen LogP contribution < -0.4 is 0 Å². The summed E-state index contributed by atoms with van der Waals surface area (Å²) in [6.07, 6.45) is 6.42. The van der Waals surface area contributed by atoms with E-state index < -0.39 is 6.10 Å². The second-order valence-electron chi connectivity index (χ2n) is 6.58. The van der Waals surface area contributed by atoms with E-state index in [0.29, 0.717) is 0 Å². The van der Waals surface area contributed by atoms with Crippen molar-refractivity contribution in [1.29, 1.82) is 0 Å². The van der Waals surface area contributed by atoms with Gasteiger partial charge in [0.25, 0.3) is 0 Å². The van der Waals surface area contributed by atoms with Gasteiger partial charge in [-0.1, -0.05) is 46.2 Å². The minimum absolute atomic E-state index is 0.645. The fraction of sp³-hybridized carbons (Fsp3) is 0.526. The van der Waals surface area contributed by atoms with Gasteiger partial charge >= 0.3 is 0 Å². The Labute approximate surface area is 162 Å². The number of thioether (sulfide) groups is 1. The van der Waals surface area contributed by atoms with Gasteiger partial charge in [-0.05, 0) is 56.6 Å². The first-order chi connectivity index (χ1) is 12.1. The Kier molecular flexibility index (Phi) is 6.99. The molecule has 1 N–H and O–H groups in total. The number of nitrogens with zero attached hydrogens (tertiary/aromatic N) is 3. The van der Waals surface area contributed by atoms with Gasteiger partial charge in [-0.3, -0.25) is 0 Å². The van der Waals surface area contributed by atoms with Crippen LogP contribution >= 0.6 is 27.7 Å². The van der Waals surface area contributed by atoms with E-state index >= 15 is 0 Å². The van der Waals surface area contributed by atoms with Crippen LogP contribution in [-0.4, -0.2) is 44.9 Å². The summed E-state index contributed by atoms with van der Waals surface area (Å²) >= 11 is 5.21. The van der Waals surface area contributed by atoms with Crippen LogP contribution in [0.3, 0.4) is 0 Å². The van der Waals surface area contributed by atoms with Crippen LogP contribution in [0.5, 0.6) is 0 Å². The smallest absolute Gasteiger partial charge is 0.167 e. The number of imidazole rings is 1. The highest BCUT2D eigenvalue weighted by molar-refractivity contribution is 9.10. The largest absolute Gasteiger partial charge is 0.382 e. The summed E-state index contributed by atoms with van der Waals surface area (Å²) in [6.45, 7) is 3.71. The first-order valence-corrected chi connectivity index (χ1v) is 10.7. The number of hydrogen-bond acceptors (Lipinski definition) is 4. The van der Waals surface area contributed by atoms with E-state index in [1.165, 1.54) is 45.3 Å². The molecule has 136 valence electrons. The van der Waals surface area contributed by atoms with Crippen LogP contribution in [0.4, 0.5) is 0 Å². The number of aromatic nitrogens is 2. The quantitative estimate of drug-likeness (QED) is 0.534. The van der Waals surface area contributed by atoms with Crippen LogP contribution in [0.15, 0.2) is 40.1 Å². The summed E-state index contributed by atoms with van der Waals surface area (Å²) < 4.78 is 3.02. The van der Waals surface area contributed by atoms with E-state index in [2.05, 4.69) is 25.8 Å². The van der Waals surface area contributed by atoms with Crippen LogP contribution in [0.2, 0.25) is 0 Å². The van der Waals surface area contributed by atoms with E-state index in [-0.39, 0.29) is 0 Å². The molecule has 0 radical (unpaired) electrons. The van der Waals surface area contributed by atoms with Crippen molar-refractivity contribution in [3.8, 4) is 0 Å². The Balaban J connectivity index is 1.52. The van der Waals surface area contributed by atoms with Crippen LogP contribution in [0.25, 0.3) is 0 Å². The average Bonchev–Trinajstić information content (AvgIpc) is 3.00.